The van der Waals surface area contributed by atoms with Crippen LogP contribution in [0.3, 0.4) is 0 Å². The minimum atomic E-state index is 0.470. The number of rotatable bonds is 2. The van der Waals surface area contributed by atoms with Gasteiger partial charge in [-0.3, -0.25) is 0 Å². The molecule has 1 fully saturated rings. The average molecular weight is 230 g/mol. The van der Waals surface area contributed by atoms with Crippen LogP contribution in [-0.4, -0.2) is 0 Å². The van der Waals surface area contributed by atoms with Gasteiger partial charge in [-0.25, -0.2) is 0 Å². The van der Waals surface area contributed by atoms with Gasteiger partial charge in [0.05, 0.1) is 0 Å². The van der Waals surface area contributed by atoms with Crippen molar-refractivity contribution in [3.05, 3.63) is 35.4 Å². The van der Waals surface area contributed by atoms with Crippen molar-refractivity contribution in [3.8, 4) is 0 Å². The second-order valence-corrected chi connectivity index (χ2v) is 6.75. The van der Waals surface area contributed by atoms with Crippen LogP contribution in [0.4, 0.5) is 0 Å². The molecule has 1 saturated carbocycles. The molecule has 94 valence electrons. The van der Waals surface area contributed by atoms with Crippen LogP contribution in [0.15, 0.2) is 24.3 Å². The molecule has 0 aliphatic heterocycles. The Morgan fingerprint density at radius 2 is 1.65 bits per heavy atom. The second kappa shape index (κ2) is 4.48. The van der Waals surface area contributed by atoms with Crippen LogP contribution in [0.1, 0.15) is 57.6 Å². The highest BCUT2D eigenvalue weighted by molar-refractivity contribution is 5.27. The Hall–Kier alpha value is -0.780. The molecule has 0 heterocycles. The van der Waals surface area contributed by atoms with E-state index in [1.807, 2.05) is 0 Å². The first-order valence-electron chi connectivity index (χ1n) is 6.99. The molecule has 1 aromatic rings. The van der Waals surface area contributed by atoms with Crippen molar-refractivity contribution in [2.24, 2.45) is 10.8 Å². The molecule has 0 N–H and O–H groups in total. The summed E-state index contributed by atoms with van der Waals surface area (Å²) in [7, 11) is 0. The molecule has 1 aromatic carbocycles. The van der Waals surface area contributed by atoms with Crippen molar-refractivity contribution in [1.82, 2.24) is 0 Å². The predicted molar refractivity (Wildman–Crippen MR) is 75.2 cm³/mol. The van der Waals surface area contributed by atoms with Crippen molar-refractivity contribution in [2.75, 3.05) is 0 Å². The van der Waals surface area contributed by atoms with Crippen LogP contribution in [0.2, 0.25) is 0 Å². The van der Waals surface area contributed by atoms with Crippen molar-refractivity contribution in [2.45, 2.75) is 59.8 Å². The highest BCUT2D eigenvalue weighted by Gasteiger charge is 2.42. The number of benzene rings is 1. The zero-order valence-corrected chi connectivity index (χ0v) is 11.8. The number of hydrogen-bond acceptors (Lipinski definition) is 0. The molecular formula is C17H26. The van der Waals surface area contributed by atoms with Crippen molar-refractivity contribution >= 4 is 0 Å². The Morgan fingerprint density at radius 3 is 2.29 bits per heavy atom. The molecular weight excluding hydrogens is 204 g/mol. The third-order valence-electron chi connectivity index (χ3n) is 5.26. The van der Waals surface area contributed by atoms with E-state index in [2.05, 4.69) is 52.0 Å². The van der Waals surface area contributed by atoms with Crippen LogP contribution in [0.25, 0.3) is 0 Å². The lowest BCUT2D eigenvalue weighted by Crippen LogP contribution is -2.40. The molecule has 0 amide bonds. The molecule has 2 rings (SSSR count). The molecule has 1 aliphatic carbocycles. The minimum absolute atomic E-state index is 0.470. The molecule has 0 spiro atoms. The van der Waals surface area contributed by atoms with Crippen LogP contribution >= 0.6 is 0 Å². The zero-order chi connectivity index (χ0) is 12.5. The Bertz CT molecular complexity index is 389. The lowest BCUT2D eigenvalue weighted by atomic mass is 9.56. The molecule has 0 unspecified atom stereocenters. The van der Waals surface area contributed by atoms with E-state index in [1.54, 1.807) is 5.56 Å². The van der Waals surface area contributed by atoms with Gasteiger partial charge in [0.1, 0.15) is 0 Å². The summed E-state index contributed by atoms with van der Waals surface area (Å²) in [5.74, 6) is 0. The van der Waals surface area contributed by atoms with Crippen molar-refractivity contribution in [1.29, 1.82) is 0 Å². The molecule has 0 nitrogen and oxygen atoms in total. The molecule has 0 saturated heterocycles. The van der Waals surface area contributed by atoms with Gasteiger partial charge in [0.2, 0.25) is 0 Å². The highest BCUT2D eigenvalue weighted by Crippen LogP contribution is 2.52. The van der Waals surface area contributed by atoms with Crippen molar-refractivity contribution < 1.29 is 0 Å². The summed E-state index contributed by atoms with van der Waals surface area (Å²) >= 11 is 0. The van der Waals surface area contributed by atoms with Gasteiger partial charge in [-0.15, -0.1) is 0 Å². The maximum Gasteiger partial charge on any atom is -0.0217 e. The summed E-state index contributed by atoms with van der Waals surface area (Å²) in [6.45, 7) is 9.67. The molecule has 0 radical (unpaired) electrons. The lowest BCUT2D eigenvalue weighted by Gasteiger charge is -2.48. The van der Waals surface area contributed by atoms with E-state index in [9.17, 15) is 0 Å². The summed E-state index contributed by atoms with van der Waals surface area (Å²) in [5, 5.41) is 0. The summed E-state index contributed by atoms with van der Waals surface area (Å²) in [6, 6.07) is 8.88. The molecule has 1 aliphatic rings. The van der Waals surface area contributed by atoms with E-state index in [-0.39, 0.29) is 0 Å². The predicted octanol–water partition coefficient (Wildman–Crippen LogP) is 5.14. The minimum Gasteiger partial charge on any atom is -0.0620 e. The lowest BCUT2D eigenvalue weighted by molar-refractivity contribution is 0.0334. The smallest absolute Gasteiger partial charge is 0.0217 e. The standard InChI is InChI=1S/C17H26/c1-14-9-5-6-10-15(14)13-17(4)12-8-7-11-16(17,2)3/h5-6,9-10H,7-8,11-13H2,1-4H3/t17-/m0/s1. The molecule has 0 aromatic heterocycles. The maximum absolute atomic E-state index is 2.50. The van der Waals surface area contributed by atoms with E-state index in [0.717, 1.165) is 0 Å². The average Bonchev–Trinajstić information content (AvgIpc) is 2.26. The third kappa shape index (κ3) is 2.41. The second-order valence-electron chi connectivity index (χ2n) is 6.75. The van der Waals surface area contributed by atoms with Gasteiger partial charge in [-0.05, 0) is 48.1 Å². The highest BCUT2D eigenvalue weighted by atomic mass is 14.5. The topological polar surface area (TPSA) is 0 Å². The Morgan fingerprint density at radius 1 is 1.00 bits per heavy atom. The van der Waals surface area contributed by atoms with Crippen molar-refractivity contribution in [3.63, 3.8) is 0 Å². The summed E-state index contributed by atoms with van der Waals surface area (Å²) < 4.78 is 0. The quantitative estimate of drug-likeness (QED) is 0.659. The normalized spacial score (nSPS) is 28.0. The van der Waals surface area contributed by atoms with Crippen LogP contribution in [0.5, 0.6) is 0 Å². The molecule has 1 atom stereocenters. The fourth-order valence-corrected chi connectivity index (χ4v) is 3.28. The van der Waals surface area contributed by atoms with E-state index in [4.69, 9.17) is 0 Å². The van der Waals surface area contributed by atoms with Crippen LogP contribution in [0, 0.1) is 17.8 Å². The Balaban J connectivity index is 2.24. The summed E-state index contributed by atoms with van der Waals surface area (Å²) in [5.41, 5.74) is 3.95. The van der Waals surface area contributed by atoms with Gasteiger partial charge in [-0.1, -0.05) is 57.9 Å². The van der Waals surface area contributed by atoms with Crippen LogP contribution < -0.4 is 0 Å². The Kier molecular flexibility index (Phi) is 3.34. The molecule has 0 heteroatoms. The van der Waals surface area contributed by atoms with E-state index >= 15 is 0 Å². The Labute approximate surface area is 106 Å². The number of aryl methyl sites for hydroxylation is 1. The molecule has 0 bridgehead atoms. The first-order valence-corrected chi connectivity index (χ1v) is 6.99. The van der Waals surface area contributed by atoms with E-state index in [1.165, 1.54) is 37.7 Å². The largest absolute Gasteiger partial charge is 0.0620 e. The van der Waals surface area contributed by atoms with Crippen LogP contribution in [-0.2, 0) is 6.42 Å². The van der Waals surface area contributed by atoms with E-state index in [0.29, 0.717) is 10.8 Å². The third-order valence-corrected chi connectivity index (χ3v) is 5.26. The fourth-order valence-electron chi connectivity index (χ4n) is 3.28. The van der Waals surface area contributed by atoms with Gasteiger partial charge < -0.3 is 0 Å². The SMILES string of the molecule is Cc1ccccc1C[C@]1(C)CCCCC1(C)C. The first kappa shape index (κ1) is 12.7. The van der Waals surface area contributed by atoms with Gasteiger partial charge >= 0.3 is 0 Å². The summed E-state index contributed by atoms with van der Waals surface area (Å²) in [4.78, 5) is 0. The van der Waals surface area contributed by atoms with Gasteiger partial charge in [0.15, 0.2) is 0 Å². The van der Waals surface area contributed by atoms with E-state index < -0.39 is 0 Å². The fraction of sp³-hybridized carbons (Fsp3) is 0.647. The number of hydrogen-bond donors (Lipinski definition) is 0. The maximum atomic E-state index is 2.50. The summed E-state index contributed by atoms with van der Waals surface area (Å²) in [6.07, 6.45) is 6.83. The first-order chi connectivity index (χ1) is 7.95. The van der Waals surface area contributed by atoms with Gasteiger partial charge in [-0.2, -0.15) is 0 Å². The monoisotopic (exact) mass is 230 g/mol. The van der Waals surface area contributed by atoms with Gasteiger partial charge in [0.25, 0.3) is 0 Å². The molecule has 17 heavy (non-hydrogen) atoms. The zero-order valence-electron chi connectivity index (χ0n) is 11.8. The van der Waals surface area contributed by atoms with Gasteiger partial charge in [0, 0.05) is 0 Å².